The summed E-state index contributed by atoms with van der Waals surface area (Å²) in [6, 6.07) is 5.40. The number of aromatic nitrogens is 3. The Morgan fingerprint density at radius 1 is 1.14 bits per heavy atom. The first-order valence-electron chi connectivity index (χ1n) is 11.9. The van der Waals surface area contributed by atoms with Gasteiger partial charge in [-0.05, 0) is 29.5 Å². The molecule has 2 atom stereocenters. The van der Waals surface area contributed by atoms with Gasteiger partial charge in [0.05, 0.1) is 34.1 Å². The third-order valence-corrected chi connectivity index (χ3v) is 9.33. The predicted octanol–water partition coefficient (Wildman–Crippen LogP) is 4.54. The summed E-state index contributed by atoms with van der Waals surface area (Å²) in [6.07, 6.45) is 2.95. The van der Waals surface area contributed by atoms with Gasteiger partial charge in [0.1, 0.15) is 4.88 Å². The maximum absolute atomic E-state index is 13.2. The van der Waals surface area contributed by atoms with Crippen molar-refractivity contribution in [1.29, 1.82) is 0 Å². The van der Waals surface area contributed by atoms with Gasteiger partial charge >= 0.3 is 0 Å². The lowest BCUT2D eigenvalue weighted by Crippen LogP contribution is -2.62. The highest BCUT2D eigenvalue weighted by Crippen LogP contribution is 2.55. The molecule has 36 heavy (non-hydrogen) atoms. The molecule has 2 aliphatic heterocycles. The first kappa shape index (κ1) is 23.9. The standard InChI is InChI=1S/C25H25Cl2N5O3S/c1-24(2)7-15(24)22(33)32-11-25(12-32)10-31(23(34)19-8-28-13-36-19)9-16(25)21-30-29-20(35-21)6-14-3-4-17(26)18(27)5-14/h3-5,8,13,15-16H,6-7,9-12H2,1-2H3/t15-,16?/m1/s1. The van der Waals surface area contributed by atoms with E-state index < -0.39 is 0 Å². The molecule has 2 aromatic heterocycles. The molecule has 4 heterocycles. The highest BCUT2D eigenvalue weighted by atomic mass is 35.5. The molecule has 3 aliphatic rings. The van der Waals surface area contributed by atoms with Gasteiger partial charge in [-0.1, -0.05) is 43.1 Å². The minimum absolute atomic E-state index is 0.0528. The Morgan fingerprint density at radius 2 is 1.89 bits per heavy atom. The minimum atomic E-state index is -0.303. The van der Waals surface area contributed by atoms with Crippen LogP contribution in [0.5, 0.6) is 0 Å². The highest BCUT2D eigenvalue weighted by molar-refractivity contribution is 7.11. The summed E-state index contributed by atoms with van der Waals surface area (Å²) < 4.78 is 6.13. The van der Waals surface area contributed by atoms with Crippen molar-refractivity contribution >= 4 is 46.4 Å². The molecule has 1 unspecified atom stereocenters. The fourth-order valence-electron chi connectivity index (χ4n) is 5.54. The van der Waals surface area contributed by atoms with E-state index in [9.17, 15) is 9.59 Å². The second-order valence-electron chi connectivity index (χ2n) is 10.9. The van der Waals surface area contributed by atoms with Gasteiger partial charge in [-0.2, -0.15) is 0 Å². The highest BCUT2D eigenvalue weighted by Gasteiger charge is 2.61. The van der Waals surface area contributed by atoms with E-state index >= 15 is 0 Å². The van der Waals surface area contributed by atoms with Gasteiger partial charge in [-0.3, -0.25) is 14.6 Å². The number of likely N-dealkylation sites (tertiary alicyclic amines) is 2. The summed E-state index contributed by atoms with van der Waals surface area (Å²) in [5.41, 5.74) is 2.35. The number of hydrogen-bond donors (Lipinski definition) is 0. The van der Waals surface area contributed by atoms with Crippen molar-refractivity contribution in [1.82, 2.24) is 25.0 Å². The molecule has 0 radical (unpaired) electrons. The second kappa shape index (κ2) is 8.53. The number of nitrogens with zero attached hydrogens (tertiary/aromatic N) is 5. The zero-order chi connectivity index (χ0) is 25.2. The molecular weight excluding hydrogens is 521 g/mol. The fourth-order valence-corrected chi connectivity index (χ4v) is 6.45. The summed E-state index contributed by atoms with van der Waals surface area (Å²) >= 11 is 13.5. The number of halogens is 2. The molecule has 0 N–H and O–H groups in total. The van der Waals surface area contributed by atoms with Gasteiger partial charge in [-0.25, -0.2) is 0 Å². The SMILES string of the molecule is CC1(C)C[C@@H]1C(=O)N1CC2(CN(C(=O)c3cncs3)CC2c2nnc(Cc3ccc(Cl)c(Cl)c3)o2)C1. The lowest BCUT2D eigenvalue weighted by molar-refractivity contribution is -0.146. The normalized spacial score (nSPS) is 23.7. The molecule has 2 amide bonds. The van der Waals surface area contributed by atoms with E-state index in [-0.39, 0.29) is 34.5 Å². The summed E-state index contributed by atoms with van der Waals surface area (Å²) in [4.78, 5) is 34.6. The molecule has 188 valence electrons. The van der Waals surface area contributed by atoms with Gasteiger partial charge in [0, 0.05) is 37.5 Å². The van der Waals surface area contributed by atoms with Crippen LogP contribution in [0.4, 0.5) is 0 Å². The second-order valence-corrected chi connectivity index (χ2v) is 12.6. The van der Waals surface area contributed by atoms with Crippen LogP contribution < -0.4 is 0 Å². The Labute approximate surface area is 222 Å². The fraction of sp³-hybridized carbons (Fsp3) is 0.480. The van der Waals surface area contributed by atoms with Crippen LogP contribution in [0.3, 0.4) is 0 Å². The Balaban J connectivity index is 1.23. The molecule has 1 aliphatic carbocycles. The first-order valence-corrected chi connectivity index (χ1v) is 13.5. The lowest BCUT2D eigenvalue weighted by atomic mass is 9.71. The number of amides is 2. The van der Waals surface area contributed by atoms with Crippen molar-refractivity contribution in [2.24, 2.45) is 16.7 Å². The molecule has 0 bridgehead atoms. The summed E-state index contributed by atoms with van der Waals surface area (Å²) in [7, 11) is 0. The molecule has 6 rings (SSSR count). The number of rotatable bonds is 5. The lowest BCUT2D eigenvalue weighted by Gasteiger charge is -2.50. The Kier molecular flexibility index (Phi) is 5.66. The largest absolute Gasteiger partial charge is 0.425 e. The van der Waals surface area contributed by atoms with Gasteiger partial charge in [0.15, 0.2) is 0 Å². The molecule has 3 fully saturated rings. The van der Waals surface area contributed by atoms with Crippen LogP contribution in [0.15, 0.2) is 34.3 Å². The number of hydrogen-bond acceptors (Lipinski definition) is 7. The number of carbonyl (C=O) groups excluding carboxylic acids is 2. The topological polar surface area (TPSA) is 92.4 Å². The molecule has 11 heteroatoms. The molecule has 1 aromatic carbocycles. The monoisotopic (exact) mass is 545 g/mol. The van der Waals surface area contributed by atoms with E-state index in [0.29, 0.717) is 59.3 Å². The van der Waals surface area contributed by atoms with E-state index in [0.717, 1.165) is 12.0 Å². The van der Waals surface area contributed by atoms with Crippen LogP contribution in [0.25, 0.3) is 0 Å². The van der Waals surface area contributed by atoms with Crippen molar-refractivity contribution in [3.05, 3.63) is 62.2 Å². The van der Waals surface area contributed by atoms with Crippen LogP contribution in [-0.4, -0.2) is 63.0 Å². The quantitative estimate of drug-likeness (QED) is 0.467. The van der Waals surface area contributed by atoms with E-state index in [1.165, 1.54) is 11.3 Å². The number of benzene rings is 1. The zero-order valence-electron chi connectivity index (χ0n) is 19.9. The van der Waals surface area contributed by atoms with E-state index in [1.54, 1.807) is 23.8 Å². The van der Waals surface area contributed by atoms with E-state index in [2.05, 4.69) is 29.0 Å². The minimum Gasteiger partial charge on any atom is -0.425 e. The number of thiazole rings is 1. The summed E-state index contributed by atoms with van der Waals surface area (Å²) in [5.74, 6) is 1.07. The zero-order valence-corrected chi connectivity index (χ0v) is 22.2. The average Bonchev–Trinajstić information content (AvgIpc) is 3.33. The molecule has 8 nitrogen and oxygen atoms in total. The van der Waals surface area contributed by atoms with Crippen molar-refractivity contribution in [3.8, 4) is 0 Å². The van der Waals surface area contributed by atoms with Crippen LogP contribution in [0.1, 0.15) is 53.2 Å². The Bertz CT molecular complexity index is 1340. The van der Waals surface area contributed by atoms with E-state index in [4.69, 9.17) is 27.6 Å². The van der Waals surface area contributed by atoms with Gasteiger partial charge in [0.2, 0.25) is 17.7 Å². The van der Waals surface area contributed by atoms with Crippen LogP contribution in [0.2, 0.25) is 10.0 Å². The smallest absolute Gasteiger partial charge is 0.265 e. The van der Waals surface area contributed by atoms with Crippen LogP contribution in [0, 0.1) is 16.7 Å². The van der Waals surface area contributed by atoms with Crippen molar-refractivity contribution in [2.45, 2.75) is 32.6 Å². The third kappa shape index (κ3) is 4.11. The predicted molar refractivity (Wildman–Crippen MR) is 135 cm³/mol. The molecular formula is C25H25Cl2N5O3S. The Morgan fingerprint density at radius 3 is 2.56 bits per heavy atom. The Hall–Kier alpha value is -2.49. The van der Waals surface area contributed by atoms with Gasteiger partial charge < -0.3 is 14.2 Å². The van der Waals surface area contributed by atoms with Gasteiger partial charge in [0.25, 0.3) is 5.91 Å². The number of carbonyl (C=O) groups is 2. The van der Waals surface area contributed by atoms with E-state index in [1.807, 2.05) is 15.9 Å². The first-order chi connectivity index (χ1) is 17.1. The maximum atomic E-state index is 13.2. The summed E-state index contributed by atoms with van der Waals surface area (Å²) in [6.45, 7) is 6.43. The molecule has 3 aromatic rings. The molecule has 1 spiro atoms. The van der Waals surface area contributed by atoms with Crippen LogP contribution >= 0.6 is 34.5 Å². The van der Waals surface area contributed by atoms with Crippen molar-refractivity contribution in [3.63, 3.8) is 0 Å². The third-order valence-electron chi connectivity index (χ3n) is 7.83. The average molecular weight is 546 g/mol. The maximum Gasteiger partial charge on any atom is 0.265 e. The van der Waals surface area contributed by atoms with Crippen molar-refractivity contribution < 1.29 is 14.0 Å². The van der Waals surface area contributed by atoms with Crippen molar-refractivity contribution in [2.75, 3.05) is 26.2 Å². The molecule has 1 saturated carbocycles. The summed E-state index contributed by atoms with van der Waals surface area (Å²) in [5, 5.41) is 9.62. The molecule has 2 saturated heterocycles. The van der Waals surface area contributed by atoms with Gasteiger partial charge in [-0.15, -0.1) is 21.5 Å². The van der Waals surface area contributed by atoms with Crippen LogP contribution in [-0.2, 0) is 11.2 Å².